The molecule has 40 heavy (non-hydrogen) atoms. The van der Waals surface area contributed by atoms with Gasteiger partial charge in [-0.25, -0.2) is 14.4 Å². The molecule has 0 unspecified atom stereocenters. The molecule has 6 aromatic rings. The lowest BCUT2D eigenvalue weighted by atomic mass is 10.0. The van der Waals surface area contributed by atoms with E-state index in [1.165, 1.54) is 11.3 Å². The van der Waals surface area contributed by atoms with E-state index in [1.807, 2.05) is 84.7 Å². The fourth-order valence-electron chi connectivity index (χ4n) is 4.67. The van der Waals surface area contributed by atoms with Crippen LogP contribution < -0.4 is 10.4 Å². The normalized spacial score (nSPS) is 11.9. The number of benzene rings is 4. The Morgan fingerprint density at radius 2 is 1.62 bits per heavy atom. The van der Waals surface area contributed by atoms with Gasteiger partial charge in [-0.1, -0.05) is 72.8 Å². The van der Waals surface area contributed by atoms with Crippen molar-refractivity contribution in [2.24, 2.45) is 17.1 Å². The predicted octanol–water partition coefficient (Wildman–Crippen LogP) is 6.15. The summed E-state index contributed by atoms with van der Waals surface area (Å²) in [5, 5.41) is 18.2. The lowest BCUT2D eigenvalue weighted by Gasteiger charge is -2.07. The van der Waals surface area contributed by atoms with Crippen LogP contribution in [-0.4, -0.2) is 20.3 Å². The third-order valence-electron chi connectivity index (χ3n) is 6.84. The number of nitrogens with zero attached hydrogens (tertiary/aromatic N) is 6. The Morgan fingerprint density at radius 3 is 2.40 bits per heavy atom. The van der Waals surface area contributed by atoms with Crippen molar-refractivity contribution in [3.8, 4) is 23.0 Å². The van der Waals surface area contributed by atoms with Crippen LogP contribution in [0.3, 0.4) is 0 Å². The van der Waals surface area contributed by atoms with Crippen molar-refractivity contribution in [2.45, 2.75) is 6.92 Å². The van der Waals surface area contributed by atoms with Crippen LogP contribution in [0.25, 0.3) is 27.7 Å². The van der Waals surface area contributed by atoms with E-state index < -0.39 is 0 Å². The molecule has 0 fully saturated rings. The van der Waals surface area contributed by atoms with Crippen LogP contribution in [0.5, 0.6) is 0 Å². The van der Waals surface area contributed by atoms with Crippen LogP contribution in [-0.2, 0) is 7.05 Å². The molecule has 0 spiro atoms. The van der Waals surface area contributed by atoms with E-state index in [2.05, 4.69) is 30.3 Å². The fourth-order valence-corrected chi connectivity index (χ4v) is 5.50. The lowest BCUT2D eigenvalue weighted by molar-refractivity contribution is 0.630. The first-order chi connectivity index (χ1) is 19.5. The molecule has 7 nitrogen and oxygen atoms in total. The van der Waals surface area contributed by atoms with E-state index in [1.54, 1.807) is 27.7 Å². The number of rotatable bonds is 5. The topological polar surface area (TPSA) is 80.4 Å². The van der Waals surface area contributed by atoms with Gasteiger partial charge in [0.15, 0.2) is 5.69 Å². The molecular weight excluding hydrogens is 516 g/mol. The molecule has 0 aliphatic rings. The van der Waals surface area contributed by atoms with Gasteiger partial charge < -0.3 is 0 Å². The Morgan fingerprint density at radius 1 is 0.900 bits per heavy atom. The van der Waals surface area contributed by atoms with Crippen LogP contribution in [0, 0.1) is 18.3 Å². The molecule has 2 heterocycles. The van der Waals surface area contributed by atoms with Crippen molar-refractivity contribution in [1.29, 1.82) is 5.26 Å². The highest BCUT2D eigenvalue weighted by Crippen LogP contribution is 2.29. The zero-order valence-corrected chi connectivity index (χ0v) is 22.7. The predicted molar refractivity (Wildman–Crippen MR) is 160 cm³/mol. The molecule has 0 bridgehead atoms. The van der Waals surface area contributed by atoms with Crippen LogP contribution in [0.4, 0.5) is 5.69 Å². The highest BCUT2D eigenvalue weighted by atomic mass is 32.1. The van der Waals surface area contributed by atoms with Crippen LogP contribution in [0.1, 0.15) is 16.8 Å². The molecule has 0 saturated carbocycles. The van der Waals surface area contributed by atoms with Gasteiger partial charge >= 0.3 is 0 Å². The molecule has 194 valence electrons. The number of hydrogen-bond donors (Lipinski definition) is 0. The van der Waals surface area contributed by atoms with Gasteiger partial charge in [-0.2, -0.15) is 10.4 Å². The quantitative estimate of drug-likeness (QED) is 0.246. The van der Waals surface area contributed by atoms with Gasteiger partial charge in [-0.05, 0) is 47.5 Å². The van der Waals surface area contributed by atoms with Gasteiger partial charge in [-0.15, -0.1) is 11.3 Å². The summed E-state index contributed by atoms with van der Waals surface area (Å²) in [7, 11) is 1.86. The summed E-state index contributed by atoms with van der Waals surface area (Å²) in [6.45, 7) is 1.89. The largest absolute Gasteiger partial charge is 0.297 e. The minimum Gasteiger partial charge on any atom is -0.283 e. The van der Waals surface area contributed by atoms with Crippen LogP contribution >= 0.6 is 11.3 Å². The van der Waals surface area contributed by atoms with Crippen molar-refractivity contribution in [3.63, 3.8) is 0 Å². The van der Waals surface area contributed by atoms with Crippen molar-refractivity contribution < 1.29 is 0 Å². The number of para-hydroxylation sites is 1. The first kappa shape index (κ1) is 25.0. The highest BCUT2D eigenvalue weighted by Gasteiger charge is 2.17. The Balaban J connectivity index is 1.56. The first-order valence-corrected chi connectivity index (χ1v) is 13.5. The van der Waals surface area contributed by atoms with Gasteiger partial charge in [0.2, 0.25) is 4.80 Å². The third kappa shape index (κ3) is 4.49. The Kier molecular flexibility index (Phi) is 6.56. The van der Waals surface area contributed by atoms with Gasteiger partial charge in [0.1, 0.15) is 0 Å². The van der Waals surface area contributed by atoms with E-state index in [-0.39, 0.29) is 5.56 Å². The molecule has 0 aliphatic carbocycles. The first-order valence-electron chi connectivity index (χ1n) is 12.7. The Hall–Kier alpha value is -5.26. The maximum Gasteiger partial charge on any atom is 0.297 e. The van der Waals surface area contributed by atoms with Crippen molar-refractivity contribution in [1.82, 2.24) is 14.0 Å². The van der Waals surface area contributed by atoms with E-state index >= 15 is 0 Å². The molecule has 0 N–H and O–H groups in total. The summed E-state index contributed by atoms with van der Waals surface area (Å²) in [4.78, 5) is 19.0. The van der Waals surface area contributed by atoms with Crippen LogP contribution in [0.15, 0.2) is 117 Å². The van der Waals surface area contributed by atoms with E-state index in [0.29, 0.717) is 16.1 Å². The zero-order chi connectivity index (χ0) is 27.6. The molecule has 6 rings (SSSR count). The monoisotopic (exact) mass is 540 g/mol. The lowest BCUT2D eigenvalue weighted by Crippen LogP contribution is -2.19. The smallest absolute Gasteiger partial charge is 0.283 e. The number of aromatic nitrogens is 3. The van der Waals surface area contributed by atoms with Gasteiger partial charge in [-0.3, -0.25) is 9.48 Å². The molecule has 2 aromatic heterocycles. The third-order valence-corrected chi connectivity index (χ3v) is 7.66. The molecule has 0 aliphatic heterocycles. The minimum absolute atomic E-state index is 0.200. The molecule has 0 amide bonds. The number of fused-ring (bicyclic) bond motifs is 1. The van der Waals surface area contributed by atoms with E-state index in [4.69, 9.17) is 15.4 Å². The van der Waals surface area contributed by atoms with Gasteiger partial charge in [0.25, 0.3) is 5.56 Å². The van der Waals surface area contributed by atoms with Crippen LogP contribution in [0.2, 0.25) is 0 Å². The number of thiazole rings is 1. The van der Waals surface area contributed by atoms with Crippen molar-refractivity contribution in [2.75, 3.05) is 0 Å². The Bertz CT molecular complexity index is 2050. The SMILES string of the molecule is Cc1c(N=c2scc(-c3cccc4ccccc34)n2N=Cc2ccc(C#N)cc2)c(=O)n(-c2ccccc2)n1C. The van der Waals surface area contributed by atoms with Crippen molar-refractivity contribution in [3.05, 3.63) is 134 Å². The Labute approximate surface area is 234 Å². The fraction of sp³-hybridized carbons (Fsp3) is 0.0625. The summed E-state index contributed by atoms with van der Waals surface area (Å²) in [5.74, 6) is 0. The second kappa shape index (κ2) is 10.5. The summed E-state index contributed by atoms with van der Waals surface area (Å²) in [6.07, 6.45) is 1.74. The maximum absolute atomic E-state index is 13.6. The standard InChI is InChI=1S/C32H24N6OS/c1-22-30(31(39)38(36(22)2)26-11-4-3-5-12-26)35-32-37(34-20-24-17-15-23(19-33)16-18-24)29(21-40-32)28-14-8-10-25-9-6-7-13-27(25)28/h3-18,20-21H,1-2H3. The van der Waals surface area contributed by atoms with E-state index in [9.17, 15) is 4.79 Å². The minimum atomic E-state index is -0.200. The number of hydrogen-bond acceptors (Lipinski definition) is 5. The molecular formula is C32H24N6OS. The van der Waals surface area contributed by atoms with E-state index in [0.717, 1.165) is 39.0 Å². The summed E-state index contributed by atoms with van der Waals surface area (Å²) >= 11 is 1.43. The summed E-state index contributed by atoms with van der Waals surface area (Å²) < 4.78 is 5.22. The second-order valence-corrected chi connectivity index (χ2v) is 10.1. The molecule has 0 atom stereocenters. The average Bonchev–Trinajstić information content (AvgIpc) is 3.49. The highest BCUT2D eigenvalue weighted by molar-refractivity contribution is 7.07. The molecule has 8 heteroatoms. The average molecular weight is 541 g/mol. The second-order valence-electron chi connectivity index (χ2n) is 9.24. The van der Waals surface area contributed by atoms with Gasteiger partial charge in [0, 0.05) is 18.0 Å². The zero-order valence-electron chi connectivity index (χ0n) is 21.9. The molecule has 0 saturated heterocycles. The van der Waals surface area contributed by atoms with Crippen molar-refractivity contribution >= 4 is 34.0 Å². The summed E-state index contributed by atoms with van der Waals surface area (Å²) in [6, 6.07) is 33.3. The number of nitriles is 1. The maximum atomic E-state index is 13.6. The molecule has 4 aromatic carbocycles. The summed E-state index contributed by atoms with van der Waals surface area (Å²) in [5.41, 5.74) is 4.98. The molecule has 0 radical (unpaired) electrons. The van der Waals surface area contributed by atoms with Gasteiger partial charge in [0.05, 0.1) is 34.9 Å².